The van der Waals surface area contributed by atoms with Crippen molar-refractivity contribution in [3.05, 3.63) is 63.7 Å². The molecular weight excluding hydrogens is 314 g/mol. The number of nitro groups is 1. The number of nitro benzene ring substituents is 1. The molecule has 0 saturated carbocycles. The number of ether oxygens (including phenoxy) is 2. The van der Waals surface area contributed by atoms with Gasteiger partial charge in [0.15, 0.2) is 11.5 Å². The molecule has 0 atom stereocenters. The fourth-order valence-electron chi connectivity index (χ4n) is 2.13. The highest BCUT2D eigenvalue weighted by Crippen LogP contribution is 2.31. The monoisotopic (exact) mass is 327 g/mol. The summed E-state index contributed by atoms with van der Waals surface area (Å²) in [6.45, 7) is 0.196. The highest BCUT2D eigenvalue weighted by molar-refractivity contribution is 5.84. The molecule has 2 aromatic carbocycles. The maximum absolute atomic E-state index is 11.8. The van der Waals surface area contributed by atoms with Gasteiger partial charge in [0.25, 0.3) is 5.69 Å². The Bertz CT molecular complexity index is 802. The molecule has 0 saturated heterocycles. The Labute approximate surface area is 136 Å². The molecule has 0 aliphatic carbocycles. The fraction of sp³-hybridized carbons (Fsp3) is 0.125. The topological polar surface area (TPSA) is 103 Å². The van der Waals surface area contributed by atoms with Gasteiger partial charge in [-0.15, -0.1) is 0 Å². The zero-order valence-corrected chi connectivity index (χ0v) is 12.5. The maximum Gasteiger partial charge on any atom is 0.269 e. The number of carbonyl (C=O) groups excluding carboxylic acids is 1. The highest BCUT2D eigenvalue weighted by Gasteiger charge is 2.12. The van der Waals surface area contributed by atoms with E-state index in [-0.39, 0.29) is 24.8 Å². The molecule has 1 N–H and O–H groups in total. The second kappa shape index (κ2) is 6.78. The lowest BCUT2D eigenvalue weighted by atomic mass is 10.1. The Hall–Kier alpha value is -3.42. The number of amides is 1. The van der Waals surface area contributed by atoms with E-state index < -0.39 is 4.92 Å². The van der Waals surface area contributed by atoms with Crippen molar-refractivity contribution in [2.24, 2.45) is 5.10 Å². The molecule has 24 heavy (non-hydrogen) atoms. The first-order chi connectivity index (χ1) is 11.6. The molecule has 122 valence electrons. The first kappa shape index (κ1) is 15.5. The minimum atomic E-state index is -0.487. The van der Waals surface area contributed by atoms with Gasteiger partial charge in [-0.1, -0.05) is 12.1 Å². The van der Waals surface area contributed by atoms with Crippen LogP contribution in [0.3, 0.4) is 0 Å². The van der Waals surface area contributed by atoms with Crippen molar-refractivity contribution in [2.45, 2.75) is 6.42 Å². The maximum atomic E-state index is 11.8. The van der Waals surface area contributed by atoms with Crippen LogP contribution in [0.5, 0.6) is 11.5 Å². The Morgan fingerprint density at radius 2 is 1.96 bits per heavy atom. The minimum absolute atomic E-state index is 0.0139. The molecule has 8 nitrogen and oxygen atoms in total. The molecule has 0 aromatic heterocycles. The van der Waals surface area contributed by atoms with E-state index in [1.54, 1.807) is 30.3 Å². The number of hydrazone groups is 1. The van der Waals surface area contributed by atoms with Crippen LogP contribution in [0.1, 0.15) is 11.1 Å². The van der Waals surface area contributed by atoms with Crippen molar-refractivity contribution in [2.75, 3.05) is 6.79 Å². The summed E-state index contributed by atoms with van der Waals surface area (Å²) in [4.78, 5) is 21.9. The van der Waals surface area contributed by atoms with Gasteiger partial charge in [-0.05, 0) is 29.3 Å². The van der Waals surface area contributed by atoms with E-state index in [9.17, 15) is 14.9 Å². The van der Waals surface area contributed by atoms with E-state index in [1.807, 2.05) is 0 Å². The first-order valence-electron chi connectivity index (χ1n) is 7.07. The molecule has 0 radical (unpaired) electrons. The second-order valence-electron chi connectivity index (χ2n) is 5.01. The molecule has 0 spiro atoms. The third-order valence-corrected chi connectivity index (χ3v) is 3.31. The Kier molecular flexibility index (Phi) is 4.37. The fourth-order valence-corrected chi connectivity index (χ4v) is 2.13. The molecule has 2 aromatic rings. The smallest absolute Gasteiger partial charge is 0.269 e. The summed E-state index contributed by atoms with van der Waals surface area (Å²) in [7, 11) is 0. The van der Waals surface area contributed by atoms with Gasteiger partial charge in [0.2, 0.25) is 12.7 Å². The molecule has 1 aliphatic heterocycles. The van der Waals surface area contributed by atoms with E-state index in [1.165, 1.54) is 18.3 Å². The number of fused-ring (bicyclic) bond motifs is 1. The van der Waals surface area contributed by atoms with Crippen molar-refractivity contribution in [3.63, 3.8) is 0 Å². The van der Waals surface area contributed by atoms with Crippen molar-refractivity contribution < 1.29 is 19.2 Å². The normalized spacial score (nSPS) is 12.3. The molecule has 1 aliphatic rings. The molecule has 0 unspecified atom stereocenters. The van der Waals surface area contributed by atoms with Gasteiger partial charge >= 0.3 is 0 Å². The van der Waals surface area contributed by atoms with Crippen LogP contribution in [0.25, 0.3) is 0 Å². The summed E-state index contributed by atoms with van der Waals surface area (Å²) >= 11 is 0. The molecule has 1 heterocycles. The number of hydrogen-bond donors (Lipinski definition) is 1. The zero-order chi connectivity index (χ0) is 16.9. The summed E-state index contributed by atoms with van der Waals surface area (Å²) < 4.78 is 10.5. The largest absolute Gasteiger partial charge is 0.454 e. The highest BCUT2D eigenvalue weighted by atomic mass is 16.7. The number of rotatable bonds is 5. The first-order valence-corrected chi connectivity index (χ1v) is 7.07. The third kappa shape index (κ3) is 3.67. The summed E-state index contributed by atoms with van der Waals surface area (Å²) in [6.07, 6.45) is 1.58. The molecule has 8 heteroatoms. The van der Waals surface area contributed by atoms with Crippen LogP contribution in [0, 0.1) is 10.1 Å². The van der Waals surface area contributed by atoms with E-state index >= 15 is 0 Å². The van der Waals surface area contributed by atoms with Crippen LogP contribution in [0.2, 0.25) is 0 Å². The quantitative estimate of drug-likeness (QED) is 0.514. The van der Waals surface area contributed by atoms with Crippen LogP contribution in [0.4, 0.5) is 5.69 Å². The van der Waals surface area contributed by atoms with E-state index in [4.69, 9.17) is 9.47 Å². The number of non-ortho nitro benzene ring substituents is 1. The van der Waals surface area contributed by atoms with Crippen LogP contribution < -0.4 is 14.9 Å². The predicted octanol–water partition coefficient (Wildman–Crippen LogP) is 2.02. The molecular formula is C16H13N3O5. The van der Waals surface area contributed by atoms with Gasteiger partial charge in [-0.2, -0.15) is 5.10 Å². The van der Waals surface area contributed by atoms with Crippen LogP contribution in [0.15, 0.2) is 47.6 Å². The van der Waals surface area contributed by atoms with Gasteiger partial charge in [0, 0.05) is 12.1 Å². The molecule has 3 rings (SSSR count). The Morgan fingerprint density at radius 1 is 1.21 bits per heavy atom. The summed E-state index contributed by atoms with van der Waals surface area (Å²) in [6, 6.07) is 11.1. The zero-order valence-electron chi connectivity index (χ0n) is 12.5. The number of carbonyl (C=O) groups is 1. The van der Waals surface area contributed by atoms with Gasteiger partial charge < -0.3 is 9.47 Å². The van der Waals surface area contributed by atoms with Crippen LogP contribution >= 0.6 is 0 Å². The third-order valence-electron chi connectivity index (χ3n) is 3.31. The van der Waals surface area contributed by atoms with E-state index in [0.29, 0.717) is 17.1 Å². The average Bonchev–Trinajstić information content (AvgIpc) is 3.03. The number of benzene rings is 2. The summed E-state index contributed by atoms with van der Waals surface area (Å²) in [5, 5.41) is 14.5. The van der Waals surface area contributed by atoms with E-state index in [0.717, 1.165) is 5.56 Å². The SMILES string of the molecule is O=C(Cc1ccc([N+](=O)[O-])cc1)N/N=C\c1ccc2c(c1)OCO2. The predicted molar refractivity (Wildman–Crippen MR) is 85.1 cm³/mol. The van der Waals surface area contributed by atoms with Crippen molar-refractivity contribution in [3.8, 4) is 11.5 Å². The molecule has 0 fully saturated rings. The summed E-state index contributed by atoms with van der Waals surface area (Å²) in [5.74, 6) is 0.992. The Morgan fingerprint density at radius 3 is 2.71 bits per heavy atom. The van der Waals surface area contributed by atoms with Gasteiger partial charge in [-0.3, -0.25) is 14.9 Å². The van der Waals surface area contributed by atoms with Crippen LogP contribution in [-0.2, 0) is 11.2 Å². The second-order valence-corrected chi connectivity index (χ2v) is 5.01. The Balaban J connectivity index is 1.54. The number of nitrogens with one attached hydrogen (secondary N) is 1. The minimum Gasteiger partial charge on any atom is -0.454 e. The van der Waals surface area contributed by atoms with Crippen molar-refractivity contribution >= 4 is 17.8 Å². The average molecular weight is 327 g/mol. The standard InChI is InChI=1S/C16H13N3O5/c20-16(8-11-1-4-13(5-2-11)19(21)22)18-17-9-12-3-6-14-15(7-12)24-10-23-14/h1-7,9H,8,10H2,(H,18,20)/b17-9-. The number of nitrogens with zero attached hydrogens (tertiary/aromatic N) is 2. The molecule has 0 bridgehead atoms. The van der Waals surface area contributed by atoms with Gasteiger partial charge in [0.1, 0.15) is 0 Å². The molecule has 1 amide bonds. The van der Waals surface area contributed by atoms with Crippen molar-refractivity contribution in [1.29, 1.82) is 0 Å². The van der Waals surface area contributed by atoms with E-state index in [2.05, 4.69) is 10.5 Å². The van der Waals surface area contributed by atoms with Gasteiger partial charge in [-0.25, -0.2) is 5.43 Å². The van der Waals surface area contributed by atoms with Crippen LogP contribution in [-0.4, -0.2) is 23.8 Å². The number of hydrogen-bond acceptors (Lipinski definition) is 6. The lowest BCUT2D eigenvalue weighted by Crippen LogP contribution is -2.19. The lowest BCUT2D eigenvalue weighted by Gasteiger charge is -2.01. The van der Waals surface area contributed by atoms with Gasteiger partial charge in [0.05, 0.1) is 17.6 Å². The van der Waals surface area contributed by atoms with Crippen molar-refractivity contribution in [1.82, 2.24) is 5.43 Å². The summed E-state index contributed by atoms with van der Waals surface area (Å²) in [5.41, 5.74) is 3.82. The lowest BCUT2D eigenvalue weighted by molar-refractivity contribution is -0.384.